The maximum atomic E-state index is 4.74. The second kappa shape index (κ2) is 7.14. The smallest absolute Gasteiger partial charge is 0.137 e. The lowest BCUT2D eigenvalue weighted by Gasteiger charge is -2.10. The Bertz CT molecular complexity index is 913. The number of nitrogens with zero attached hydrogens (tertiary/aromatic N) is 3. The first kappa shape index (κ1) is 17.3. The average molecular weight is 331 g/mol. The summed E-state index contributed by atoms with van der Waals surface area (Å²) in [5.41, 5.74) is 7.74. The first-order valence-corrected chi connectivity index (χ1v) is 8.74. The average Bonchev–Trinajstić information content (AvgIpc) is 2.54. The Morgan fingerprint density at radius 1 is 0.680 bits per heavy atom. The molecule has 0 aliphatic heterocycles. The number of hydrogen-bond acceptors (Lipinski definition) is 3. The van der Waals surface area contributed by atoms with Gasteiger partial charge in [-0.05, 0) is 62.4 Å². The van der Waals surface area contributed by atoms with Crippen LogP contribution in [0.25, 0.3) is 0 Å². The highest BCUT2D eigenvalue weighted by molar-refractivity contribution is 5.35. The fourth-order valence-corrected chi connectivity index (χ4v) is 3.14. The second-order valence-electron chi connectivity index (χ2n) is 6.86. The summed E-state index contributed by atoms with van der Waals surface area (Å²) < 4.78 is 0. The van der Waals surface area contributed by atoms with Crippen LogP contribution in [0.15, 0.2) is 36.4 Å². The largest absolute Gasteiger partial charge is 0.218 e. The number of benzene rings is 2. The summed E-state index contributed by atoms with van der Waals surface area (Å²) in [7, 11) is 0. The fraction of sp³-hybridized carbons (Fsp3) is 0.318. The third kappa shape index (κ3) is 4.11. The predicted octanol–water partition coefficient (Wildman–Crippen LogP) is 4.60. The van der Waals surface area contributed by atoms with Crippen LogP contribution < -0.4 is 0 Å². The summed E-state index contributed by atoms with van der Waals surface area (Å²) in [5.74, 6) is 2.48. The Hall–Kier alpha value is -2.55. The van der Waals surface area contributed by atoms with E-state index in [0.717, 1.165) is 30.3 Å². The van der Waals surface area contributed by atoms with Crippen molar-refractivity contribution in [1.29, 1.82) is 0 Å². The molecule has 0 saturated carbocycles. The molecule has 0 radical (unpaired) electrons. The molecular formula is C22H25N3. The third-order valence-electron chi connectivity index (χ3n) is 4.75. The molecule has 0 saturated heterocycles. The number of rotatable bonds is 4. The van der Waals surface area contributed by atoms with Gasteiger partial charge in [-0.3, -0.25) is 0 Å². The van der Waals surface area contributed by atoms with Gasteiger partial charge in [0.15, 0.2) is 0 Å². The monoisotopic (exact) mass is 331 g/mol. The Balaban J connectivity index is 1.89. The van der Waals surface area contributed by atoms with Gasteiger partial charge in [0.05, 0.1) is 0 Å². The van der Waals surface area contributed by atoms with Gasteiger partial charge in [-0.1, -0.05) is 42.0 Å². The Morgan fingerprint density at radius 2 is 1.36 bits per heavy atom. The highest BCUT2D eigenvalue weighted by Crippen LogP contribution is 2.17. The molecule has 0 unspecified atom stereocenters. The van der Waals surface area contributed by atoms with Crippen LogP contribution in [0.2, 0.25) is 0 Å². The summed E-state index contributed by atoms with van der Waals surface area (Å²) in [6.07, 6.45) is 1.49. The SMILES string of the molecule is Cc1ccc(Cc2nc(C)nc(Cc3cccc(C)c3C)n2)c(C)c1. The van der Waals surface area contributed by atoms with Gasteiger partial charge in [0.1, 0.15) is 17.5 Å². The summed E-state index contributed by atoms with van der Waals surface area (Å²) >= 11 is 0. The van der Waals surface area contributed by atoms with Gasteiger partial charge in [0.2, 0.25) is 0 Å². The number of aryl methyl sites for hydroxylation is 4. The molecule has 1 heterocycles. The minimum absolute atomic E-state index is 0.745. The molecule has 0 spiro atoms. The van der Waals surface area contributed by atoms with Crippen LogP contribution in [-0.2, 0) is 12.8 Å². The second-order valence-corrected chi connectivity index (χ2v) is 6.86. The normalized spacial score (nSPS) is 10.9. The maximum absolute atomic E-state index is 4.74. The van der Waals surface area contributed by atoms with Crippen LogP contribution in [0.5, 0.6) is 0 Å². The van der Waals surface area contributed by atoms with Crippen molar-refractivity contribution in [2.45, 2.75) is 47.5 Å². The molecule has 0 N–H and O–H groups in total. The van der Waals surface area contributed by atoms with Crippen LogP contribution in [0.4, 0.5) is 0 Å². The van der Waals surface area contributed by atoms with Crippen LogP contribution >= 0.6 is 0 Å². The molecule has 2 aromatic carbocycles. The Labute approximate surface area is 150 Å². The minimum Gasteiger partial charge on any atom is -0.218 e. The minimum atomic E-state index is 0.745. The molecule has 1 aromatic heterocycles. The Kier molecular flexibility index (Phi) is 4.93. The van der Waals surface area contributed by atoms with Crippen molar-refractivity contribution in [1.82, 2.24) is 15.0 Å². The molecule has 0 amide bonds. The van der Waals surface area contributed by atoms with Crippen LogP contribution in [-0.4, -0.2) is 15.0 Å². The van der Waals surface area contributed by atoms with Crippen LogP contribution in [0, 0.1) is 34.6 Å². The molecule has 3 rings (SSSR count). The van der Waals surface area contributed by atoms with E-state index in [1.54, 1.807) is 0 Å². The van der Waals surface area contributed by atoms with E-state index in [9.17, 15) is 0 Å². The fourth-order valence-electron chi connectivity index (χ4n) is 3.14. The molecular weight excluding hydrogens is 306 g/mol. The summed E-state index contributed by atoms with van der Waals surface area (Å²) in [6, 6.07) is 12.9. The highest BCUT2D eigenvalue weighted by Gasteiger charge is 2.09. The van der Waals surface area contributed by atoms with Crippen LogP contribution in [0.1, 0.15) is 50.9 Å². The van der Waals surface area contributed by atoms with Gasteiger partial charge in [-0.15, -0.1) is 0 Å². The van der Waals surface area contributed by atoms with E-state index in [4.69, 9.17) is 4.98 Å². The van der Waals surface area contributed by atoms with E-state index in [1.807, 2.05) is 6.92 Å². The van der Waals surface area contributed by atoms with Gasteiger partial charge in [0.25, 0.3) is 0 Å². The molecule has 0 atom stereocenters. The summed E-state index contributed by atoms with van der Waals surface area (Å²) in [6.45, 7) is 10.5. The standard InChI is InChI=1S/C22H25N3/c1-14-9-10-19(16(3)11-14)12-21-23-18(5)24-22(25-21)13-20-8-6-7-15(2)17(20)4/h6-11H,12-13H2,1-5H3. The van der Waals surface area contributed by atoms with Gasteiger partial charge in [0, 0.05) is 12.8 Å². The zero-order chi connectivity index (χ0) is 18.0. The summed E-state index contributed by atoms with van der Waals surface area (Å²) in [4.78, 5) is 13.8. The van der Waals surface area contributed by atoms with E-state index in [-0.39, 0.29) is 0 Å². The van der Waals surface area contributed by atoms with E-state index >= 15 is 0 Å². The van der Waals surface area contributed by atoms with Gasteiger partial charge in [-0.2, -0.15) is 0 Å². The lowest BCUT2D eigenvalue weighted by molar-refractivity contribution is 0.814. The van der Waals surface area contributed by atoms with Gasteiger partial charge >= 0.3 is 0 Å². The van der Waals surface area contributed by atoms with Crippen molar-refractivity contribution < 1.29 is 0 Å². The molecule has 3 heteroatoms. The van der Waals surface area contributed by atoms with E-state index < -0.39 is 0 Å². The lowest BCUT2D eigenvalue weighted by Crippen LogP contribution is -2.08. The van der Waals surface area contributed by atoms with E-state index in [1.165, 1.54) is 33.4 Å². The van der Waals surface area contributed by atoms with Crippen molar-refractivity contribution in [3.63, 3.8) is 0 Å². The molecule has 25 heavy (non-hydrogen) atoms. The third-order valence-corrected chi connectivity index (χ3v) is 4.75. The molecule has 0 fully saturated rings. The number of hydrogen-bond donors (Lipinski definition) is 0. The number of aromatic nitrogens is 3. The molecule has 128 valence electrons. The molecule has 0 aliphatic carbocycles. The van der Waals surface area contributed by atoms with Gasteiger partial charge < -0.3 is 0 Å². The topological polar surface area (TPSA) is 38.7 Å². The van der Waals surface area contributed by atoms with Crippen molar-refractivity contribution >= 4 is 0 Å². The van der Waals surface area contributed by atoms with Crippen molar-refractivity contribution in [3.05, 3.63) is 87.3 Å². The van der Waals surface area contributed by atoms with E-state index in [2.05, 4.69) is 74.1 Å². The van der Waals surface area contributed by atoms with Crippen molar-refractivity contribution in [2.75, 3.05) is 0 Å². The zero-order valence-corrected chi connectivity index (χ0v) is 15.7. The van der Waals surface area contributed by atoms with Gasteiger partial charge in [-0.25, -0.2) is 15.0 Å². The summed E-state index contributed by atoms with van der Waals surface area (Å²) in [5, 5.41) is 0. The first-order chi connectivity index (χ1) is 11.9. The van der Waals surface area contributed by atoms with Crippen molar-refractivity contribution in [2.24, 2.45) is 0 Å². The molecule has 0 aliphatic rings. The highest BCUT2D eigenvalue weighted by atomic mass is 15.0. The zero-order valence-electron chi connectivity index (χ0n) is 15.7. The van der Waals surface area contributed by atoms with Crippen molar-refractivity contribution in [3.8, 4) is 0 Å². The Morgan fingerprint density at radius 3 is 2.04 bits per heavy atom. The lowest BCUT2D eigenvalue weighted by atomic mass is 10.0. The predicted molar refractivity (Wildman–Crippen MR) is 102 cm³/mol. The van der Waals surface area contributed by atoms with Crippen LogP contribution in [0.3, 0.4) is 0 Å². The molecule has 3 aromatic rings. The molecule has 3 nitrogen and oxygen atoms in total. The molecule has 0 bridgehead atoms. The van der Waals surface area contributed by atoms with E-state index in [0.29, 0.717) is 0 Å². The first-order valence-electron chi connectivity index (χ1n) is 8.74. The quantitative estimate of drug-likeness (QED) is 0.701. The maximum Gasteiger partial charge on any atom is 0.137 e.